The van der Waals surface area contributed by atoms with Crippen LogP contribution in [0.5, 0.6) is 0 Å². The second kappa shape index (κ2) is 5.75. The Morgan fingerprint density at radius 2 is 2.00 bits per heavy atom. The number of nitrogens with zero attached hydrogens (tertiary/aromatic N) is 2. The Balaban J connectivity index is 4.86. The molecule has 0 aliphatic rings. The molecular weight excluding hydrogens is 188 g/mol. The first-order chi connectivity index (χ1) is 6.92. The summed E-state index contributed by atoms with van der Waals surface area (Å²) in [5.74, 6) is -0.0376. The number of carbonyl (C=O) groups excluding carboxylic acids is 1. The van der Waals surface area contributed by atoms with Crippen LogP contribution in [0.1, 0.15) is 47.5 Å². The zero-order chi connectivity index (χ0) is 12.1. The lowest BCUT2D eigenvalue weighted by Crippen LogP contribution is -2.45. The van der Waals surface area contributed by atoms with Crippen LogP contribution in [0.3, 0.4) is 0 Å². The predicted octanol–water partition coefficient (Wildman–Crippen LogP) is 2.57. The maximum atomic E-state index is 12.2. The smallest absolute Gasteiger partial charge is 0.242 e. The van der Waals surface area contributed by atoms with Gasteiger partial charge in [-0.25, -0.2) is 0 Å². The molecule has 15 heavy (non-hydrogen) atoms. The van der Waals surface area contributed by atoms with Gasteiger partial charge < -0.3 is 4.90 Å². The van der Waals surface area contributed by atoms with Gasteiger partial charge in [0.05, 0.1) is 6.07 Å². The zero-order valence-corrected chi connectivity index (χ0v) is 10.5. The molecule has 0 bridgehead atoms. The minimum Gasteiger partial charge on any atom is -0.339 e. The summed E-state index contributed by atoms with van der Waals surface area (Å²) >= 11 is 0. The van der Waals surface area contributed by atoms with E-state index in [1.54, 1.807) is 11.8 Å². The molecule has 1 atom stereocenters. The third-order valence-corrected chi connectivity index (χ3v) is 2.77. The van der Waals surface area contributed by atoms with E-state index in [1.165, 1.54) is 0 Å². The Bertz CT molecular complexity index is 255. The van der Waals surface area contributed by atoms with E-state index >= 15 is 0 Å². The van der Waals surface area contributed by atoms with Crippen molar-refractivity contribution in [1.29, 1.82) is 5.26 Å². The van der Waals surface area contributed by atoms with Gasteiger partial charge in [0.25, 0.3) is 0 Å². The molecular formula is C12H22N2O. The molecule has 0 fully saturated rings. The van der Waals surface area contributed by atoms with E-state index in [9.17, 15) is 4.79 Å². The Labute approximate surface area is 93.1 Å². The predicted molar refractivity (Wildman–Crippen MR) is 61.2 cm³/mol. The fourth-order valence-electron chi connectivity index (χ4n) is 1.43. The number of hydrogen-bond donors (Lipinski definition) is 0. The maximum Gasteiger partial charge on any atom is 0.242 e. The molecule has 0 heterocycles. The molecule has 3 heteroatoms. The van der Waals surface area contributed by atoms with Crippen molar-refractivity contribution in [1.82, 2.24) is 4.90 Å². The van der Waals surface area contributed by atoms with Gasteiger partial charge in [0.2, 0.25) is 5.91 Å². The Morgan fingerprint density at radius 1 is 1.47 bits per heavy atom. The lowest BCUT2D eigenvalue weighted by molar-refractivity contribution is -0.140. The third-order valence-electron chi connectivity index (χ3n) is 2.77. The summed E-state index contributed by atoms with van der Waals surface area (Å²) in [6.45, 7) is 10.3. The molecule has 0 saturated heterocycles. The van der Waals surface area contributed by atoms with Crippen molar-refractivity contribution in [3.63, 3.8) is 0 Å². The van der Waals surface area contributed by atoms with Crippen LogP contribution in [0.4, 0.5) is 0 Å². The SMILES string of the molecule is CCCN(C(=O)C(C)(C#N)CC)C(C)C. The molecule has 0 aliphatic carbocycles. The van der Waals surface area contributed by atoms with Gasteiger partial charge in [0, 0.05) is 12.6 Å². The van der Waals surface area contributed by atoms with Crippen LogP contribution in [-0.2, 0) is 4.79 Å². The van der Waals surface area contributed by atoms with E-state index in [-0.39, 0.29) is 11.9 Å². The molecule has 0 aromatic carbocycles. The van der Waals surface area contributed by atoms with Crippen molar-refractivity contribution in [2.45, 2.75) is 53.5 Å². The summed E-state index contributed by atoms with van der Waals surface area (Å²) in [7, 11) is 0. The quantitative estimate of drug-likeness (QED) is 0.700. The molecule has 0 radical (unpaired) electrons. The summed E-state index contributed by atoms with van der Waals surface area (Å²) in [5.41, 5.74) is -0.862. The molecule has 0 saturated carbocycles. The van der Waals surface area contributed by atoms with E-state index in [0.29, 0.717) is 6.42 Å². The number of hydrogen-bond acceptors (Lipinski definition) is 2. The molecule has 0 spiro atoms. The maximum absolute atomic E-state index is 12.2. The van der Waals surface area contributed by atoms with Gasteiger partial charge in [0.1, 0.15) is 5.41 Å². The minimum atomic E-state index is -0.862. The summed E-state index contributed by atoms with van der Waals surface area (Å²) in [5, 5.41) is 9.06. The van der Waals surface area contributed by atoms with E-state index in [0.717, 1.165) is 13.0 Å². The molecule has 1 amide bonds. The van der Waals surface area contributed by atoms with E-state index < -0.39 is 5.41 Å². The standard InChI is InChI=1S/C12H22N2O/c1-6-8-14(10(3)4)11(15)12(5,7-2)9-13/h10H,6-8H2,1-5H3. The molecule has 0 rings (SSSR count). The summed E-state index contributed by atoms with van der Waals surface area (Å²) < 4.78 is 0. The fourth-order valence-corrected chi connectivity index (χ4v) is 1.43. The second-order valence-electron chi connectivity index (χ2n) is 4.39. The van der Waals surface area contributed by atoms with Crippen LogP contribution in [0.15, 0.2) is 0 Å². The highest BCUT2D eigenvalue weighted by atomic mass is 16.2. The number of nitriles is 1. The topological polar surface area (TPSA) is 44.1 Å². The molecule has 1 unspecified atom stereocenters. The van der Waals surface area contributed by atoms with Gasteiger partial charge in [-0.05, 0) is 33.6 Å². The van der Waals surface area contributed by atoms with Gasteiger partial charge in [-0.3, -0.25) is 4.79 Å². The number of rotatable bonds is 5. The summed E-state index contributed by atoms with van der Waals surface area (Å²) in [6, 6.07) is 2.29. The van der Waals surface area contributed by atoms with Crippen LogP contribution in [0.25, 0.3) is 0 Å². The molecule has 0 aromatic heterocycles. The van der Waals surface area contributed by atoms with Crippen LogP contribution in [0.2, 0.25) is 0 Å². The summed E-state index contributed by atoms with van der Waals surface area (Å²) in [6.07, 6.45) is 1.49. The van der Waals surface area contributed by atoms with Gasteiger partial charge in [-0.2, -0.15) is 5.26 Å². The first-order valence-electron chi connectivity index (χ1n) is 5.65. The lowest BCUT2D eigenvalue weighted by Gasteiger charge is -2.32. The van der Waals surface area contributed by atoms with Crippen LogP contribution < -0.4 is 0 Å². The van der Waals surface area contributed by atoms with Crippen molar-refractivity contribution in [2.24, 2.45) is 5.41 Å². The van der Waals surface area contributed by atoms with Crippen LogP contribution in [0, 0.1) is 16.7 Å². The molecule has 86 valence electrons. The normalized spacial score (nSPS) is 14.5. The monoisotopic (exact) mass is 210 g/mol. The van der Waals surface area contributed by atoms with Gasteiger partial charge in [-0.15, -0.1) is 0 Å². The van der Waals surface area contributed by atoms with Gasteiger partial charge >= 0.3 is 0 Å². The average Bonchev–Trinajstić information content (AvgIpc) is 2.23. The van der Waals surface area contributed by atoms with Crippen molar-refractivity contribution < 1.29 is 4.79 Å². The molecule has 0 N–H and O–H groups in total. The third kappa shape index (κ3) is 3.23. The first kappa shape index (κ1) is 14.0. The van der Waals surface area contributed by atoms with Gasteiger partial charge in [0.15, 0.2) is 0 Å². The van der Waals surface area contributed by atoms with E-state index in [4.69, 9.17) is 5.26 Å². The average molecular weight is 210 g/mol. The van der Waals surface area contributed by atoms with Crippen molar-refractivity contribution in [3.05, 3.63) is 0 Å². The van der Waals surface area contributed by atoms with Crippen molar-refractivity contribution >= 4 is 5.91 Å². The van der Waals surface area contributed by atoms with Gasteiger partial charge in [-0.1, -0.05) is 13.8 Å². The molecule has 0 aromatic rings. The fraction of sp³-hybridized carbons (Fsp3) is 0.833. The highest BCUT2D eigenvalue weighted by molar-refractivity contribution is 5.85. The highest BCUT2D eigenvalue weighted by Crippen LogP contribution is 2.24. The van der Waals surface area contributed by atoms with Crippen molar-refractivity contribution in [2.75, 3.05) is 6.54 Å². The lowest BCUT2D eigenvalue weighted by atomic mass is 9.87. The number of carbonyl (C=O) groups is 1. The van der Waals surface area contributed by atoms with Crippen molar-refractivity contribution in [3.8, 4) is 6.07 Å². The largest absolute Gasteiger partial charge is 0.339 e. The van der Waals surface area contributed by atoms with Crippen LogP contribution >= 0.6 is 0 Å². The van der Waals surface area contributed by atoms with E-state index in [1.807, 2.05) is 27.7 Å². The Kier molecular flexibility index (Phi) is 5.35. The van der Waals surface area contributed by atoms with Crippen LogP contribution in [-0.4, -0.2) is 23.4 Å². The summed E-state index contributed by atoms with van der Waals surface area (Å²) in [4.78, 5) is 14.0. The highest BCUT2D eigenvalue weighted by Gasteiger charge is 2.35. The minimum absolute atomic E-state index is 0.0376. The molecule has 3 nitrogen and oxygen atoms in total. The Morgan fingerprint density at radius 3 is 2.27 bits per heavy atom. The Hall–Kier alpha value is -1.04. The van der Waals surface area contributed by atoms with E-state index in [2.05, 4.69) is 6.07 Å². The zero-order valence-electron chi connectivity index (χ0n) is 10.5. The second-order valence-corrected chi connectivity index (χ2v) is 4.39. The first-order valence-corrected chi connectivity index (χ1v) is 5.65. The number of amides is 1. The molecule has 0 aliphatic heterocycles.